The minimum absolute atomic E-state index is 0.393. The van der Waals surface area contributed by atoms with Gasteiger partial charge in [-0.2, -0.15) is 0 Å². The molecule has 0 saturated heterocycles. The van der Waals surface area contributed by atoms with Crippen molar-refractivity contribution in [2.24, 2.45) is 0 Å². The topological polar surface area (TPSA) is 63.1 Å². The molecule has 0 fully saturated rings. The van der Waals surface area contributed by atoms with E-state index in [0.717, 1.165) is 11.1 Å². The van der Waals surface area contributed by atoms with Gasteiger partial charge in [0.05, 0.1) is 0 Å². The largest absolute Gasteiger partial charge is 0.477 e. The number of thioether (sulfide) groups is 1. The molecular formula is C11H10N2O2S2. The molecule has 0 saturated carbocycles. The molecule has 0 amide bonds. The second-order valence-corrected chi connectivity index (χ2v) is 5.27. The fraction of sp³-hybridized carbons (Fsp3) is 0.182. The molecule has 0 aromatic carbocycles. The van der Waals surface area contributed by atoms with Crippen LogP contribution in [0.3, 0.4) is 0 Å². The number of hydrogen-bond acceptors (Lipinski definition) is 5. The van der Waals surface area contributed by atoms with E-state index in [2.05, 4.69) is 9.97 Å². The molecular weight excluding hydrogens is 256 g/mol. The van der Waals surface area contributed by atoms with Gasteiger partial charge in [-0.15, -0.1) is 11.3 Å². The molecule has 0 aliphatic heterocycles. The Hall–Kier alpha value is -1.40. The van der Waals surface area contributed by atoms with Gasteiger partial charge >= 0.3 is 5.97 Å². The van der Waals surface area contributed by atoms with Gasteiger partial charge < -0.3 is 5.11 Å². The van der Waals surface area contributed by atoms with Crippen molar-refractivity contribution in [2.75, 3.05) is 0 Å². The third kappa shape index (κ3) is 3.04. The van der Waals surface area contributed by atoms with Gasteiger partial charge in [0, 0.05) is 18.1 Å². The zero-order valence-electron chi connectivity index (χ0n) is 9.08. The molecule has 0 radical (unpaired) electrons. The maximum Gasteiger partial charge on any atom is 0.346 e. The second-order valence-electron chi connectivity index (χ2n) is 3.41. The number of aromatic nitrogens is 2. The van der Waals surface area contributed by atoms with E-state index in [0.29, 0.717) is 15.8 Å². The first-order valence-corrected chi connectivity index (χ1v) is 6.74. The Labute approximate surface area is 107 Å². The van der Waals surface area contributed by atoms with E-state index in [1.165, 1.54) is 23.1 Å². The Morgan fingerprint density at radius 2 is 2.18 bits per heavy atom. The van der Waals surface area contributed by atoms with Crippen LogP contribution in [0.1, 0.15) is 20.8 Å². The first-order valence-electron chi connectivity index (χ1n) is 4.88. The lowest BCUT2D eigenvalue weighted by molar-refractivity contribution is 0.0701. The highest BCUT2D eigenvalue weighted by molar-refractivity contribution is 7.98. The summed E-state index contributed by atoms with van der Waals surface area (Å²) in [4.78, 5) is 19.6. The minimum Gasteiger partial charge on any atom is -0.477 e. The van der Waals surface area contributed by atoms with Crippen LogP contribution in [0, 0.1) is 6.92 Å². The van der Waals surface area contributed by atoms with Gasteiger partial charge in [-0.3, -0.25) is 0 Å². The lowest BCUT2D eigenvalue weighted by Gasteiger charge is -2.00. The lowest BCUT2D eigenvalue weighted by atomic mass is 10.3. The summed E-state index contributed by atoms with van der Waals surface area (Å²) in [5, 5.41) is 11.4. The number of aryl methyl sites for hydroxylation is 1. The zero-order valence-corrected chi connectivity index (χ0v) is 10.7. The summed E-state index contributed by atoms with van der Waals surface area (Å²) in [5.41, 5.74) is 1.83. The van der Waals surface area contributed by atoms with Gasteiger partial charge in [-0.1, -0.05) is 11.8 Å². The fourth-order valence-electron chi connectivity index (χ4n) is 1.23. The molecule has 0 atom stereocenters. The molecule has 17 heavy (non-hydrogen) atoms. The third-order valence-corrected chi connectivity index (χ3v) is 3.92. The molecule has 0 unspecified atom stereocenters. The van der Waals surface area contributed by atoms with Crippen molar-refractivity contribution in [3.8, 4) is 0 Å². The molecule has 0 aliphatic rings. The van der Waals surface area contributed by atoms with E-state index < -0.39 is 5.97 Å². The SMILES string of the molecule is Cc1cnc(SCc2ccsc2C(=O)O)nc1. The maximum atomic E-state index is 10.9. The van der Waals surface area contributed by atoms with E-state index in [1.807, 2.05) is 13.0 Å². The van der Waals surface area contributed by atoms with Gasteiger partial charge in [0.2, 0.25) is 0 Å². The predicted octanol–water partition coefficient (Wildman–Crippen LogP) is 2.84. The third-order valence-electron chi connectivity index (χ3n) is 2.06. The summed E-state index contributed by atoms with van der Waals surface area (Å²) in [6.07, 6.45) is 3.50. The molecule has 0 bridgehead atoms. The standard InChI is InChI=1S/C11H10N2O2S2/c1-7-4-12-11(13-5-7)17-6-8-2-3-16-9(8)10(14)15/h2-5H,6H2,1H3,(H,14,15). The van der Waals surface area contributed by atoms with E-state index >= 15 is 0 Å². The van der Waals surface area contributed by atoms with Crippen LogP contribution in [-0.2, 0) is 5.75 Å². The fourth-order valence-corrected chi connectivity index (χ4v) is 2.87. The van der Waals surface area contributed by atoms with E-state index in [4.69, 9.17) is 5.11 Å². The summed E-state index contributed by atoms with van der Waals surface area (Å²) in [6, 6.07) is 1.83. The van der Waals surface area contributed by atoms with Crippen molar-refractivity contribution in [3.05, 3.63) is 39.8 Å². The summed E-state index contributed by atoms with van der Waals surface area (Å²) >= 11 is 2.68. The van der Waals surface area contributed by atoms with Crippen LogP contribution >= 0.6 is 23.1 Å². The predicted molar refractivity (Wildman–Crippen MR) is 67.6 cm³/mol. The van der Waals surface area contributed by atoms with E-state index in [1.54, 1.807) is 17.8 Å². The number of nitrogens with zero attached hydrogens (tertiary/aromatic N) is 2. The first kappa shape index (κ1) is 12.1. The molecule has 2 aromatic rings. The van der Waals surface area contributed by atoms with Crippen LogP contribution in [0.15, 0.2) is 29.0 Å². The Morgan fingerprint density at radius 3 is 2.82 bits per heavy atom. The van der Waals surface area contributed by atoms with Crippen LogP contribution in [0.25, 0.3) is 0 Å². The van der Waals surface area contributed by atoms with Gasteiger partial charge in [0.1, 0.15) is 4.88 Å². The average molecular weight is 266 g/mol. The van der Waals surface area contributed by atoms with Crippen LogP contribution in [-0.4, -0.2) is 21.0 Å². The number of hydrogen-bond donors (Lipinski definition) is 1. The Kier molecular flexibility index (Phi) is 3.75. The molecule has 4 nitrogen and oxygen atoms in total. The first-order chi connectivity index (χ1) is 8.16. The van der Waals surface area contributed by atoms with Crippen LogP contribution in [0.2, 0.25) is 0 Å². The average Bonchev–Trinajstić information content (AvgIpc) is 2.76. The molecule has 1 N–H and O–H groups in total. The normalized spacial score (nSPS) is 10.4. The number of thiophene rings is 1. The molecule has 0 spiro atoms. The summed E-state index contributed by atoms with van der Waals surface area (Å²) in [5.74, 6) is -0.297. The zero-order chi connectivity index (χ0) is 12.3. The summed E-state index contributed by atoms with van der Waals surface area (Å²) < 4.78 is 0. The van der Waals surface area contributed by atoms with Gasteiger partial charge in [0.15, 0.2) is 5.16 Å². The second kappa shape index (κ2) is 5.29. The molecule has 0 aliphatic carbocycles. The van der Waals surface area contributed by atoms with Gasteiger partial charge in [0.25, 0.3) is 0 Å². The van der Waals surface area contributed by atoms with Crippen molar-refractivity contribution in [1.82, 2.24) is 9.97 Å². The van der Waals surface area contributed by atoms with Crippen molar-refractivity contribution < 1.29 is 9.90 Å². The van der Waals surface area contributed by atoms with Crippen molar-refractivity contribution in [2.45, 2.75) is 17.8 Å². The number of carbonyl (C=O) groups is 1. The number of carboxylic acid groups (broad SMARTS) is 1. The Balaban J connectivity index is 2.05. The highest BCUT2D eigenvalue weighted by Gasteiger charge is 2.11. The molecule has 2 rings (SSSR count). The van der Waals surface area contributed by atoms with Gasteiger partial charge in [-0.25, -0.2) is 14.8 Å². The Bertz CT molecular complexity index is 523. The maximum absolute atomic E-state index is 10.9. The summed E-state index contributed by atoms with van der Waals surface area (Å²) in [6.45, 7) is 1.93. The van der Waals surface area contributed by atoms with Crippen LogP contribution < -0.4 is 0 Å². The number of aromatic carboxylic acids is 1. The monoisotopic (exact) mass is 266 g/mol. The molecule has 2 heterocycles. The highest BCUT2D eigenvalue weighted by atomic mass is 32.2. The highest BCUT2D eigenvalue weighted by Crippen LogP contribution is 2.24. The van der Waals surface area contributed by atoms with Crippen molar-refractivity contribution in [3.63, 3.8) is 0 Å². The Morgan fingerprint density at radius 1 is 1.47 bits per heavy atom. The van der Waals surface area contributed by atoms with Crippen LogP contribution in [0.5, 0.6) is 0 Å². The lowest BCUT2D eigenvalue weighted by Crippen LogP contribution is -1.96. The molecule has 2 aromatic heterocycles. The quantitative estimate of drug-likeness (QED) is 0.681. The molecule has 6 heteroatoms. The number of rotatable bonds is 4. The smallest absolute Gasteiger partial charge is 0.346 e. The molecule has 88 valence electrons. The minimum atomic E-state index is -0.875. The van der Waals surface area contributed by atoms with Crippen LogP contribution in [0.4, 0.5) is 0 Å². The van der Waals surface area contributed by atoms with E-state index in [9.17, 15) is 4.79 Å². The van der Waals surface area contributed by atoms with Crippen molar-refractivity contribution >= 4 is 29.1 Å². The van der Waals surface area contributed by atoms with Crippen molar-refractivity contribution in [1.29, 1.82) is 0 Å². The summed E-state index contributed by atoms with van der Waals surface area (Å²) in [7, 11) is 0. The number of carboxylic acids is 1. The van der Waals surface area contributed by atoms with Gasteiger partial charge in [-0.05, 0) is 29.5 Å². The van der Waals surface area contributed by atoms with E-state index in [-0.39, 0.29) is 0 Å².